The number of hydrogen-bond donors (Lipinski definition) is 1. The summed E-state index contributed by atoms with van der Waals surface area (Å²) in [6, 6.07) is 11.5. The maximum atomic E-state index is 5.93. The monoisotopic (exact) mass is 272 g/mol. The largest absolute Gasteiger partial charge is 0.363 e. The minimum absolute atomic E-state index is 0.616. The van der Waals surface area contributed by atoms with Gasteiger partial charge in [-0.3, -0.25) is 0 Å². The van der Waals surface area contributed by atoms with Crippen LogP contribution in [0.2, 0.25) is 0 Å². The number of thiophene rings is 1. The van der Waals surface area contributed by atoms with Crippen LogP contribution < -0.4 is 10.6 Å². The van der Waals surface area contributed by atoms with Crippen LogP contribution in [-0.2, 0) is 13.1 Å². The molecule has 0 atom stereocenters. The average molecular weight is 272 g/mol. The molecule has 1 aromatic heterocycles. The first-order valence-corrected chi connectivity index (χ1v) is 7.75. The van der Waals surface area contributed by atoms with Gasteiger partial charge < -0.3 is 10.6 Å². The van der Waals surface area contributed by atoms with E-state index < -0.39 is 0 Å². The Balaban J connectivity index is 1.96. The van der Waals surface area contributed by atoms with E-state index in [0.717, 1.165) is 6.54 Å². The van der Waals surface area contributed by atoms with Crippen LogP contribution in [0.25, 0.3) is 0 Å². The highest BCUT2D eigenvalue weighted by Crippen LogP contribution is 2.37. The van der Waals surface area contributed by atoms with Gasteiger partial charge in [-0.05, 0) is 42.3 Å². The van der Waals surface area contributed by atoms with Crippen LogP contribution in [0.15, 0.2) is 35.7 Å². The number of nitrogens with zero attached hydrogens (tertiary/aromatic N) is 1. The molecule has 2 N–H and O–H groups in total. The Morgan fingerprint density at radius 2 is 2.11 bits per heavy atom. The highest BCUT2D eigenvalue weighted by Gasteiger charge is 2.31. The SMILES string of the molecule is Cc1cccc(CN)c1N(Cc1cccs1)C1CC1. The van der Waals surface area contributed by atoms with Gasteiger partial charge in [0, 0.05) is 23.2 Å². The van der Waals surface area contributed by atoms with Gasteiger partial charge >= 0.3 is 0 Å². The number of para-hydroxylation sites is 1. The van der Waals surface area contributed by atoms with Crippen molar-refractivity contribution in [2.45, 2.75) is 38.9 Å². The molecular formula is C16H20N2S. The molecule has 0 saturated heterocycles. The van der Waals surface area contributed by atoms with Crippen molar-refractivity contribution in [3.05, 3.63) is 51.7 Å². The first-order chi connectivity index (χ1) is 9.29. The maximum absolute atomic E-state index is 5.93. The molecule has 0 spiro atoms. The molecule has 3 rings (SSSR count). The Morgan fingerprint density at radius 3 is 2.74 bits per heavy atom. The van der Waals surface area contributed by atoms with Crippen molar-refractivity contribution in [3.8, 4) is 0 Å². The Morgan fingerprint density at radius 1 is 1.26 bits per heavy atom. The first-order valence-electron chi connectivity index (χ1n) is 6.87. The van der Waals surface area contributed by atoms with Crippen LogP contribution in [0.1, 0.15) is 28.8 Å². The summed E-state index contributed by atoms with van der Waals surface area (Å²) in [5, 5.41) is 2.15. The quantitative estimate of drug-likeness (QED) is 0.899. The third-order valence-electron chi connectivity index (χ3n) is 3.72. The van der Waals surface area contributed by atoms with Crippen molar-refractivity contribution < 1.29 is 0 Å². The molecule has 0 unspecified atom stereocenters. The lowest BCUT2D eigenvalue weighted by atomic mass is 10.1. The van der Waals surface area contributed by atoms with Crippen LogP contribution >= 0.6 is 11.3 Å². The van der Waals surface area contributed by atoms with E-state index in [1.807, 2.05) is 11.3 Å². The second-order valence-corrected chi connectivity index (χ2v) is 6.26. The first kappa shape index (κ1) is 12.7. The van der Waals surface area contributed by atoms with E-state index in [9.17, 15) is 0 Å². The molecule has 1 fully saturated rings. The predicted octanol–water partition coefficient (Wildman–Crippen LogP) is 3.68. The minimum Gasteiger partial charge on any atom is -0.363 e. The number of benzene rings is 1. The second kappa shape index (κ2) is 5.35. The third-order valence-corrected chi connectivity index (χ3v) is 4.58. The van der Waals surface area contributed by atoms with Crippen molar-refractivity contribution in [3.63, 3.8) is 0 Å². The lowest BCUT2D eigenvalue weighted by molar-refractivity contribution is 0.790. The molecule has 1 aromatic carbocycles. The number of nitrogens with two attached hydrogens (primary N) is 1. The van der Waals surface area contributed by atoms with Crippen LogP contribution in [0.5, 0.6) is 0 Å². The normalized spacial score (nSPS) is 14.6. The van der Waals surface area contributed by atoms with E-state index in [4.69, 9.17) is 5.73 Å². The van der Waals surface area contributed by atoms with E-state index in [1.165, 1.54) is 34.5 Å². The standard InChI is InChI=1S/C16H20N2S/c1-12-4-2-5-13(10-17)16(12)18(14-7-8-14)11-15-6-3-9-19-15/h2-6,9,14H,7-8,10-11,17H2,1H3. The van der Waals surface area contributed by atoms with Crippen molar-refractivity contribution in [1.82, 2.24) is 0 Å². The molecule has 1 saturated carbocycles. The zero-order valence-corrected chi connectivity index (χ0v) is 12.1. The summed E-state index contributed by atoms with van der Waals surface area (Å²) in [5.41, 5.74) is 9.90. The van der Waals surface area contributed by atoms with Crippen molar-refractivity contribution in [2.75, 3.05) is 4.90 Å². The van der Waals surface area contributed by atoms with E-state index in [0.29, 0.717) is 12.6 Å². The molecule has 19 heavy (non-hydrogen) atoms. The minimum atomic E-state index is 0.616. The van der Waals surface area contributed by atoms with Crippen LogP contribution in [-0.4, -0.2) is 6.04 Å². The molecule has 0 aliphatic heterocycles. The van der Waals surface area contributed by atoms with Crippen molar-refractivity contribution in [1.29, 1.82) is 0 Å². The molecule has 100 valence electrons. The molecule has 3 heteroatoms. The molecule has 2 nitrogen and oxygen atoms in total. The number of aryl methyl sites for hydroxylation is 1. The van der Waals surface area contributed by atoms with Crippen molar-refractivity contribution in [2.24, 2.45) is 5.73 Å². The van der Waals surface area contributed by atoms with Gasteiger partial charge in [-0.2, -0.15) is 0 Å². The second-order valence-electron chi connectivity index (χ2n) is 5.23. The van der Waals surface area contributed by atoms with Crippen LogP contribution in [0, 0.1) is 6.92 Å². The van der Waals surface area contributed by atoms with E-state index >= 15 is 0 Å². The fourth-order valence-corrected chi connectivity index (χ4v) is 3.35. The van der Waals surface area contributed by atoms with Crippen molar-refractivity contribution >= 4 is 17.0 Å². The molecule has 2 aromatic rings. The summed E-state index contributed by atoms with van der Waals surface area (Å²) in [5.74, 6) is 0. The van der Waals surface area contributed by atoms with Gasteiger partial charge in [0.15, 0.2) is 0 Å². The average Bonchev–Trinajstić information content (AvgIpc) is 3.14. The zero-order chi connectivity index (χ0) is 13.2. The Hall–Kier alpha value is -1.32. The maximum Gasteiger partial charge on any atom is 0.0526 e. The smallest absolute Gasteiger partial charge is 0.0526 e. The lowest BCUT2D eigenvalue weighted by Crippen LogP contribution is -2.27. The topological polar surface area (TPSA) is 29.3 Å². The van der Waals surface area contributed by atoms with E-state index in [2.05, 4.69) is 47.5 Å². The van der Waals surface area contributed by atoms with Gasteiger partial charge in [0.2, 0.25) is 0 Å². The summed E-state index contributed by atoms with van der Waals surface area (Å²) >= 11 is 1.84. The zero-order valence-electron chi connectivity index (χ0n) is 11.3. The summed E-state index contributed by atoms with van der Waals surface area (Å²) < 4.78 is 0. The highest BCUT2D eigenvalue weighted by molar-refractivity contribution is 7.09. The van der Waals surface area contributed by atoms with Gasteiger partial charge in [0.05, 0.1) is 6.54 Å². The van der Waals surface area contributed by atoms with Gasteiger partial charge in [-0.15, -0.1) is 11.3 Å². The fourth-order valence-electron chi connectivity index (χ4n) is 2.64. The molecule has 1 aliphatic rings. The molecule has 1 aliphatic carbocycles. The fraction of sp³-hybridized carbons (Fsp3) is 0.375. The Kier molecular flexibility index (Phi) is 3.58. The number of rotatable bonds is 5. The number of hydrogen-bond acceptors (Lipinski definition) is 3. The molecule has 1 heterocycles. The highest BCUT2D eigenvalue weighted by atomic mass is 32.1. The van der Waals surface area contributed by atoms with Gasteiger partial charge in [0.25, 0.3) is 0 Å². The van der Waals surface area contributed by atoms with E-state index in [-0.39, 0.29) is 0 Å². The third kappa shape index (κ3) is 2.67. The van der Waals surface area contributed by atoms with E-state index in [1.54, 1.807) is 0 Å². The Labute approximate surface area is 118 Å². The lowest BCUT2D eigenvalue weighted by Gasteiger charge is -2.28. The van der Waals surface area contributed by atoms with Gasteiger partial charge in [-0.25, -0.2) is 0 Å². The predicted molar refractivity (Wildman–Crippen MR) is 82.6 cm³/mol. The van der Waals surface area contributed by atoms with Gasteiger partial charge in [0.1, 0.15) is 0 Å². The molecule has 0 bridgehead atoms. The van der Waals surface area contributed by atoms with Crippen LogP contribution in [0.3, 0.4) is 0 Å². The Bertz CT molecular complexity index is 544. The summed E-state index contributed by atoms with van der Waals surface area (Å²) in [6.07, 6.45) is 2.62. The molecule has 0 amide bonds. The molecular weight excluding hydrogens is 252 g/mol. The summed E-state index contributed by atoms with van der Waals surface area (Å²) in [7, 11) is 0. The molecule has 0 radical (unpaired) electrons. The number of anilines is 1. The summed E-state index contributed by atoms with van der Waals surface area (Å²) in [4.78, 5) is 3.99. The van der Waals surface area contributed by atoms with Gasteiger partial charge in [-0.1, -0.05) is 24.3 Å². The van der Waals surface area contributed by atoms with Crippen LogP contribution in [0.4, 0.5) is 5.69 Å². The summed E-state index contributed by atoms with van der Waals surface area (Å²) in [6.45, 7) is 3.82.